The Kier molecular flexibility index (Phi) is 5.88. The van der Waals surface area contributed by atoms with Gasteiger partial charge in [0, 0.05) is 5.56 Å². The standard InChI is InChI=1S/C18H14Cl2N4OS/c1-11-6-2-3-7-12(11)17(25)24-21-10-15-16(20)23-18(26-15)22-14-9-5-4-8-13(14)19/h2-10H,1H3,(H,22,23)(H,24,25)/b21-10+. The Labute approximate surface area is 164 Å². The molecule has 26 heavy (non-hydrogen) atoms. The fourth-order valence-electron chi connectivity index (χ4n) is 2.16. The zero-order chi connectivity index (χ0) is 18.5. The molecule has 5 nitrogen and oxygen atoms in total. The Morgan fingerprint density at radius 2 is 1.88 bits per heavy atom. The van der Waals surface area contributed by atoms with Gasteiger partial charge in [-0.3, -0.25) is 4.79 Å². The van der Waals surface area contributed by atoms with E-state index in [9.17, 15) is 4.79 Å². The van der Waals surface area contributed by atoms with Gasteiger partial charge in [0.15, 0.2) is 10.3 Å². The van der Waals surface area contributed by atoms with Crippen molar-refractivity contribution in [1.82, 2.24) is 10.4 Å². The summed E-state index contributed by atoms with van der Waals surface area (Å²) in [4.78, 5) is 17.0. The third-order valence-corrected chi connectivity index (χ3v) is 5.10. The summed E-state index contributed by atoms with van der Waals surface area (Å²) >= 11 is 13.5. The van der Waals surface area contributed by atoms with Crippen LogP contribution in [0, 0.1) is 6.92 Å². The molecule has 1 amide bonds. The Morgan fingerprint density at radius 1 is 1.15 bits per heavy atom. The smallest absolute Gasteiger partial charge is 0.271 e. The first-order valence-corrected chi connectivity index (χ1v) is 9.19. The van der Waals surface area contributed by atoms with Crippen molar-refractivity contribution in [3.63, 3.8) is 0 Å². The van der Waals surface area contributed by atoms with Crippen LogP contribution in [0.2, 0.25) is 10.2 Å². The summed E-state index contributed by atoms with van der Waals surface area (Å²) in [6, 6.07) is 14.6. The molecule has 2 N–H and O–H groups in total. The van der Waals surface area contributed by atoms with Crippen molar-refractivity contribution in [3.8, 4) is 0 Å². The lowest BCUT2D eigenvalue weighted by Gasteiger charge is -2.03. The van der Waals surface area contributed by atoms with Crippen LogP contribution in [0.1, 0.15) is 20.8 Å². The SMILES string of the molecule is Cc1ccccc1C(=O)N/N=C/c1sc(Nc2ccccc2Cl)nc1Cl. The van der Waals surface area contributed by atoms with Gasteiger partial charge < -0.3 is 5.32 Å². The highest BCUT2D eigenvalue weighted by atomic mass is 35.5. The third-order valence-electron chi connectivity index (χ3n) is 3.46. The molecule has 0 bridgehead atoms. The number of nitrogens with one attached hydrogen (secondary N) is 2. The van der Waals surface area contributed by atoms with Crippen LogP contribution < -0.4 is 10.7 Å². The first-order chi connectivity index (χ1) is 12.5. The molecule has 8 heteroatoms. The number of hydrazone groups is 1. The van der Waals surface area contributed by atoms with Crippen molar-refractivity contribution in [2.45, 2.75) is 6.92 Å². The fraction of sp³-hybridized carbons (Fsp3) is 0.0556. The number of rotatable bonds is 5. The number of carbonyl (C=O) groups excluding carboxylic acids is 1. The van der Waals surface area contributed by atoms with E-state index in [0.29, 0.717) is 25.7 Å². The molecule has 3 aromatic rings. The van der Waals surface area contributed by atoms with E-state index >= 15 is 0 Å². The van der Waals surface area contributed by atoms with Crippen LogP contribution in [0.4, 0.5) is 10.8 Å². The first kappa shape index (κ1) is 18.4. The van der Waals surface area contributed by atoms with E-state index in [0.717, 1.165) is 11.3 Å². The molecule has 3 rings (SSSR count). The highest BCUT2D eigenvalue weighted by Gasteiger charge is 2.10. The van der Waals surface area contributed by atoms with E-state index in [1.54, 1.807) is 18.2 Å². The lowest BCUT2D eigenvalue weighted by atomic mass is 10.1. The van der Waals surface area contributed by atoms with Gasteiger partial charge in [-0.2, -0.15) is 5.10 Å². The van der Waals surface area contributed by atoms with Crippen LogP contribution >= 0.6 is 34.5 Å². The summed E-state index contributed by atoms with van der Waals surface area (Å²) in [7, 11) is 0. The summed E-state index contributed by atoms with van der Waals surface area (Å²) in [6.45, 7) is 1.87. The fourth-order valence-corrected chi connectivity index (χ4v) is 3.39. The predicted molar refractivity (Wildman–Crippen MR) is 108 cm³/mol. The van der Waals surface area contributed by atoms with Crippen LogP contribution in [0.15, 0.2) is 53.6 Å². The van der Waals surface area contributed by atoms with Crippen molar-refractivity contribution in [2.24, 2.45) is 5.10 Å². The number of nitrogens with zero attached hydrogens (tertiary/aromatic N) is 2. The summed E-state index contributed by atoms with van der Waals surface area (Å²) in [6.07, 6.45) is 1.47. The van der Waals surface area contributed by atoms with Crippen LogP contribution in [0.25, 0.3) is 0 Å². The van der Waals surface area contributed by atoms with Gasteiger partial charge in [0.2, 0.25) is 0 Å². The third kappa shape index (κ3) is 4.40. The summed E-state index contributed by atoms with van der Waals surface area (Å²) in [5, 5.41) is 8.52. The van der Waals surface area contributed by atoms with Crippen LogP contribution in [0.5, 0.6) is 0 Å². The van der Waals surface area contributed by atoms with Crippen LogP contribution in [0.3, 0.4) is 0 Å². The highest BCUT2D eigenvalue weighted by Crippen LogP contribution is 2.30. The van der Waals surface area contributed by atoms with E-state index in [2.05, 4.69) is 20.8 Å². The van der Waals surface area contributed by atoms with E-state index in [4.69, 9.17) is 23.2 Å². The quantitative estimate of drug-likeness (QED) is 0.449. The second-order valence-corrected chi connectivity index (χ2v) is 7.09. The molecule has 0 saturated carbocycles. The minimum atomic E-state index is -0.283. The zero-order valence-electron chi connectivity index (χ0n) is 13.7. The molecule has 0 radical (unpaired) electrons. The minimum Gasteiger partial charge on any atom is -0.330 e. The van der Waals surface area contributed by atoms with E-state index < -0.39 is 0 Å². The Hall–Kier alpha value is -2.41. The molecule has 0 aliphatic heterocycles. The predicted octanol–water partition coefficient (Wildman–Crippen LogP) is 5.27. The minimum absolute atomic E-state index is 0.283. The second kappa shape index (κ2) is 8.31. The molecule has 0 aliphatic carbocycles. The van der Waals surface area contributed by atoms with Gasteiger partial charge in [0.25, 0.3) is 5.91 Å². The Morgan fingerprint density at radius 3 is 2.65 bits per heavy atom. The summed E-state index contributed by atoms with van der Waals surface area (Å²) in [5.41, 5.74) is 4.67. The molecule has 0 atom stereocenters. The number of anilines is 2. The number of benzene rings is 2. The number of halogens is 2. The molecule has 1 aromatic heterocycles. The normalized spacial score (nSPS) is 10.9. The van der Waals surface area contributed by atoms with Gasteiger partial charge in [-0.1, -0.05) is 64.9 Å². The van der Waals surface area contributed by atoms with Gasteiger partial charge in [-0.25, -0.2) is 10.4 Å². The Balaban J connectivity index is 1.68. The average Bonchev–Trinajstić information content (AvgIpc) is 2.97. The number of aromatic nitrogens is 1. The maximum atomic E-state index is 12.1. The van der Waals surface area contributed by atoms with Crippen molar-refractivity contribution in [2.75, 3.05) is 5.32 Å². The molecular weight excluding hydrogens is 391 g/mol. The zero-order valence-corrected chi connectivity index (χ0v) is 16.0. The lowest BCUT2D eigenvalue weighted by molar-refractivity contribution is 0.0954. The summed E-state index contributed by atoms with van der Waals surface area (Å²) < 4.78 is 0. The number of carbonyl (C=O) groups is 1. The van der Waals surface area contributed by atoms with E-state index in [1.165, 1.54) is 17.6 Å². The molecule has 0 unspecified atom stereocenters. The number of para-hydroxylation sites is 1. The molecule has 0 aliphatic rings. The molecule has 0 saturated heterocycles. The number of hydrogen-bond donors (Lipinski definition) is 2. The molecule has 1 heterocycles. The lowest BCUT2D eigenvalue weighted by Crippen LogP contribution is -2.18. The highest BCUT2D eigenvalue weighted by molar-refractivity contribution is 7.17. The van der Waals surface area contributed by atoms with Crippen LogP contribution in [-0.2, 0) is 0 Å². The van der Waals surface area contributed by atoms with Gasteiger partial charge in [0.1, 0.15) is 0 Å². The maximum Gasteiger partial charge on any atom is 0.271 e. The van der Waals surface area contributed by atoms with Crippen molar-refractivity contribution in [1.29, 1.82) is 0 Å². The molecule has 2 aromatic carbocycles. The van der Waals surface area contributed by atoms with Gasteiger partial charge in [0.05, 0.1) is 21.8 Å². The number of thiazole rings is 1. The van der Waals surface area contributed by atoms with Crippen LogP contribution in [-0.4, -0.2) is 17.1 Å². The van der Waals surface area contributed by atoms with Gasteiger partial charge in [-0.05, 0) is 30.7 Å². The summed E-state index contributed by atoms with van der Waals surface area (Å²) in [5.74, 6) is -0.283. The molecule has 0 spiro atoms. The van der Waals surface area contributed by atoms with Crippen molar-refractivity contribution in [3.05, 3.63) is 74.7 Å². The number of amides is 1. The Bertz CT molecular complexity index is 971. The van der Waals surface area contributed by atoms with Crippen molar-refractivity contribution < 1.29 is 4.79 Å². The van der Waals surface area contributed by atoms with E-state index in [-0.39, 0.29) is 5.91 Å². The monoisotopic (exact) mass is 404 g/mol. The first-order valence-electron chi connectivity index (χ1n) is 7.61. The van der Waals surface area contributed by atoms with Gasteiger partial charge >= 0.3 is 0 Å². The maximum absolute atomic E-state index is 12.1. The van der Waals surface area contributed by atoms with E-state index in [1.807, 2.05) is 37.3 Å². The topological polar surface area (TPSA) is 66.4 Å². The second-order valence-electron chi connectivity index (χ2n) is 5.29. The number of hydrogen-bond acceptors (Lipinski definition) is 5. The molecular formula is C18H14Cl2N4OS. The molecule has 0 fully saturated rings. The molecule has 132 valence electrons. The van der Waals surface area contributed by atoms with Crippen molar-refractivity contribution >= 4 is 57.5 Å². The average molecular weight is 405 g/mol. The van der Waals surface area contributed by atoms with Gasteiger partial charge in [-0.15, -0.1) is 0 Å². The number of aryl methyl sites for hydroxylation is 1. The largest absolute Gasteiger partial charge is 0.330 e.